The zero-order valence-corrected chi connectivity index (χ0v) is 12.8. The minimum Gasteiger partial charge on any atom is -0.497 e. The quantitative estimate of drug-likeness (QED) is 0.913. The number of carbonyl (C=O) groups is 1. The summed E-state index contributed by atoms with van der Waals surface area (Å²) in [6.07, 6.45) is 1.65. The third-order valence-corrected chi connectivity index (χ3v) is 3.23. The average Bonchev–Trinajstić information content (AvgIpc) is 2.51. The van der Waals surface area contributed by atoms with E-state index in [1.807, 2.05) is 0 Å². The van der Waals surface area contributed by atoms with Crippen molar-refractivity contribution in [1.82, 2.24) is 4.57 Å². The Labute approximate surface area is 128 Å². The van der Waals surface area contributed by atoms with E-state index in [0.717, 1.165) is 0 Å². The summed E-state index contributed by atoms with van der Waals surface area (Å²) in [5.74, 6) is 0.482. The molecule has 0 radical (unpaired) electrons. The number of aromatic nitrogens is 1. The van der Waals surface area contributed by atoms with Gasteiger partial charge in [-0.2, -0.15) is 0 Å². The maximum atomic E-state index is 11.9. The fourth-order valence-corrected chi connectivity index (χ4v) is 1.92. The van der Waals surface area contributed by atoms with Crippen molar-refractivity contribution in [3.63, 3.8) is 0 Å². The van der Waals surface area contributed by atoms with Crippen LogP contribution in [0.4, 0.5) is 5.69 Å². The van der Waals surface area contributed by atoms with E-state index in [1.54, 1.807) is 56.1 Å². The average molecular weight is 302 g/mol. The third kappa shape index (κ3) is 3.66. The van der Waals surface area contributed by atoms with Crippen molar-refractivity contribution in [1.29, 1.82) is 0 Å². The summed E-state index contributed by atoms with van der Waals surface area (Å²) in [6, 6.07) is 8.40. The topological polar surface area (TPSA) is 69.6 Å². The lowest BCUT2D eigenvalue weighted by Gasteiger charge is -2.11. The Morgan fingerprint density at radius 3 is 2.82 bits per heavy atom. The van der Waals surface area contributed by atoms with E-state index >= 15 is 0 Å². The minimum atomic E-state index is -0.349. The van der Waals surface area contributed by atoms with Crippen LogP contribution in [0.15, 0.2) is 41.3 Å². The van der Waals surface area contributed by atoms with Gasteiger partial charge >= 0.3 is 0 Å². The summed E-state index contributed by atoms with van der Waals surface area (Å²) >= 11 is 0. The first-order chi connectivity index (χ1) is 10.5. The number of hydrogen-bond donors (Lipinski definition) is 1. The van der Waals surface area contributed by atoms with Gasteiger partial charge in [-0.1, -0.05) is 6.07 Å². The van der Waals surface area contributed by atoms with Gasteiger partial charge in [0.15, 0.2) is 12.4 Å². The molecule has 0 fully saturated rings. The summed E-state index contributed by atoms with van der Waals surface area (Å²) in [4.78, 5) is 23.7. The van der Waals surface area contributed by atoms with E-state index in [9.17, 15) is 9.59 Å². The van der Waals surface area contributed by atoms with Crippen molar-refractivity contribution < 1.29 is 14.3 Å². The number of methoxy groups -OCH3 is 1. The first-order valence-corrected chi connectivity index (χ1v) is 6.74. The molecule has 1 heterocycles. The molecule has 0 saturated heterocycles. The molecule has 6 heteroatoms. The first-order valence-electron chi connectivity index (χ1n) is 6.74. The van der Waals surface area contributed by atoms with Gasteiger partial charge in [0.05, 0.1) is 12.8 Å². The molecule has 0 aliphatic heterocycles. The van der Waals surface area contributed by atoms with Gasteiger partial charge in [-0.3, -0.25) is 9.59 Å². The number of carbonyl (C=O) groups excluding carboxylic acids is 1. The number of benzene rings is 1. The Balaban J connectivity index is 2.01. The Morgan fingerprint density at radius 2 is 2.09 bits per heavy atom. The van der Waals surface area contributed by atoms with Gasteiger partial charge in [0, 0.05) is 31.1 Å². The molecule has 0 aliphatic carbocycles. The van der Waals surface area contributed by atoms with Gasteiger partial charge in [-0.15, -0.1) is 0 Å². The number of aryl methyl sites for hydroxylation is 1. The molecule has 6 nitrogen and oxygen atoms in total. The SMILES string of the molecule is COc1cccc(NC(=O)COc2c(C)n(C)ccc2=O)c1. The van der Waals surface area contributed by atoms with Crippen molar-refractivity contribution in [2.45, 2.75) is 6.92 Å². The molecule has 22 heavy (non-hydrogen) atoms. The second-order valence-corrected chi connectivity index (χ2v) is 4.77. The van der Waals surface area contributed by atoms with E-state index in [0.29, 0.717) is 17.1 Å². The fraction of sp³-hybridized carbons (Fsp3) is 0.250. The molecule has 0 bridgehead atoms. The lowest BCUT2D eigenvalue weighted by atomic mass is 10.3. The Morgan fingerprint density at radius 1 is 1.32 bits per heavy atom. The van der Waals surface area contributed by atoms with Crippen LogP contribution in [0, 0.1) is 6.92 Å². The van der Waals surface area contributed by atoms with E-state index in [-0.39, 0.29) is 23.7 Å². The lowest BCUT2D eigenvalue weighted by Crippen LogP contribution is -2.23. The van der Waals surface area contributed by atoms with Crippen LogP contribution in [0.5, 0.6) is 11.5 Å². The van der Waals surface area contributed by atoms with E-state index in [2.05, 4.69) is 5.32 Å². The molecule has 1 aromatic carbocycles. The van der Waals surface area contributed by atoms with Crippen LogP contribution >= 0.6 is 0 Å². The Bertz CT molecular complexity index is 737. The second-order valence-electron chi connectivity index (χ2n) is 4.77. The number of ether oxygens (including phenoxy) is 2. The van der Waals surface area contributed by atoms with Gasteiger partial charge in [0.25, 0.3) is 5.91 Å². The number of nitrogens with one attached hydrogen (secondary N) is 1. The highest BCUT2D eigenvalue weighted by atomic mass is 16.5. The molecule has 2 rings (SSSR count). The number of pyridine rings is 1. The maximum Gasteiger partial charge on any atom is 0.262 e. The molecule has 0 atom stereocenters. The van der Waals surface area contributed by atoms with Crippen molar-refractivity contribution in [3.05, 3.63) is 52.4 Å². The molecule has 0 aliphatic rings. The number of amides is 1. The Kier molecular flexibility index (Phi) is 4.83. The zero-order chi connectivity index (χ0) is 16.1. The smallest absolute Gasteiger partial charge is 0.262 e. The maximum absolute atomic E-state index is 11.9. The molecule has 1 aromatic heterocycles. The van der Waals surface area contributed by atoms with Crippen LogP contribution in [0.1, 0.15) is 5.69 Å². The van der Waals surface area contributed by atoms with E-state index < -0.39 is 0 Å². The standard InChI is InChI=1S/C16H18N2O4/c1-11-16(14(19)7-8-18(11)2)22-10-15(20)17-12-5-4-6-13(9-12)21-3/h4-9H,10H2,1-3H3,(H,17,20). The van der Waals surface area contributed by atoms with Gasteiger partial charge in [-0.25, -0.2) is 0 Å². The highest BCUT2D eigenvalue weighted by Gasteiger charge is 2.10. The van der Waals surface area contributed by atoms with Gasteiger partial charge in [0.2, 0.25) is 5.43 Å². The van der Waals surface area contributed by atoms with Crippen molar-refractivity contribution in [2.75, 3.05) is 19.0 Å². The molecule has 0 unspecified atom stereocenters. The summed E-state index contributed by atoms with van der Waals surface area (Å²) in [5, 5.41) is 2.69. The predicted molar refractivity (Wildman–Crippen MR) is 83.5 cm³/mol. The highest BCUT2D eigenvalue weighted by Crippen LogP contribution is 2.16. The molecule has 0 saturated carbocycles. The summed E-state index contributed by atoms with van der Waals surface area (Å²) < 4.78 is 12.2. The van der Waals surface area contributed by atoms with Crippen LogP contribution in [-0.2, 0) is 11.8 Å². The van der Waals surface area contributed by atoms with Crippen molar-refractivity contribution >= 4 is 11.6 Å². The molecule has 0 spiro atoms. The van der Waals surface area contributed by atoms with Gasteiger partial charge < -0.3 is 19.4 Å². The number of hydrogen-bond acceptors (Lipinski definition) is 4. The fourth-order valence-electron chi connectivity index (χ4n) is 1.92. The molecule has 1 amide bonds. The summed E-state index contributed by atoms with van der Waals surface area (Å²) in [7, 11) is 3.36. The predicted octanol–water partition coefficient (Wildman–Crippen LogP) is 1.72. The van der Waals surface area contributed by atoms with Crippen LogP contribution in [0.25, 0.3) is 0 Å². The highest BCUT2D eigenvalue weighted by molar-refractivity contribution is 5.92. The van der Waals surface area contributed by atoms with E-state index in [1.165, 1.54) is 6.07 Å². The normalized spacial score (nSPS) is 10.1. The van der Waals surface area contributed by atoms with Crippen molar-refractivity contribution in [3.8, 4) is 11.5 Å². The molecule has 2 aromatic rings. The van der Waals surface area contributed by atoms with Gasteiger partial charge in [0.1, 0.15) is 5.75 Å². The van der Waals surface area contributed by atoms with Crippen molar-refractivity contribution in [2.24, 2.45) is 7.05 Å². The second kappa shape index (κ2) is 6.80. The lowest BCUT2D eigenvalue weighted by molar-refractivity contribution is -0.118. The number of anilines is 1. The number of nitrogens with zero attached hydrogens (tertiary/aromatic N) is 1. The van der Waals surface area contributed by atoms with Crippen LogP contribution in [0.3, 0.4) is 0 Å². The Hall–Kier alpha value is -2.76. The van der Waals surface area contributed by atoms with Gasteiger partial charge in [-0.05, 0) is 19.1 Å². The minimum absolute atomic E-state index is 0.186. The van der Waals surface area contributed by atoms with Crippen LogP contribution in [0.2, 0.25) is 0 Å². The molecule has 1 N–H and O–H groups in total. The third-order valence-electron chi connectivity index (χ3n) is 3.23. The van der Waals surface area contributed by atoms with Crippen LogP contribution in [-0.4, -0.2) is 24.2 Å². The first kappa shape index (κ1) is 15.6. The van der Waals surface area contributed by atoms with E-state index in [4.69, 9.17) is 9.47 Å². The largest absolute Gasteiger partial charge is 0.497 e. The monoisotopic (exact) mass is 302 g/mol. The summed E-state index contributed by atoms with van der Waals surface area (Å²) in [5.41, 5.74) is 1.03. The zero-order valence-electron chi connectivity index (χ0n) is 12.8. The molecular weight excluding hydrogens is 284 g/mol. The molecule has 116 valence electrons. The number of rotatable bonds is 5. The summed E-state index contributed by atoms with van der Waals surface area (Å²) in [6.45, 7) is 1.52. The van der Waals surface area contributed by atoms with Crippen LogP contribution < -0.4 is 20.2 Å². The molecular formula is C16H18N2O4.